The first-order valence-electron chi connectivity index (χ1n) is 6.39. The SMILES string of the molecule is O=C(CCNc1ccc(Cl)cn1)N1CCCCC1. The molecule has 0 unspecified atom stereocenters. The molecule has 1 aromatic heterocycles. The predicted molar refractivity (Wildman–Crippen MR) is 72.8 cm³/mol. The molecule has 1 aromatic rings. The first kappa shape index (κ1) is 13.1. The van der Waals surface area contributed by atoms with Crippen LogP contribution < -0.4 is 5.32 Å². The lowest BCUT2D eigenvalue weighted by atomic mass is 10.1. The molecule has 0 spiro atoms. The summed E-state index contributed by atoms with van der Waals surface area (Å²) >= 11 is 5.75. The Balaban J connectivity index is 1.71. The van der Waals surface area contributed by atoms with Crippen molar-refractivity contribution in [2.24, 2.45) is 0 Å². The van der Waals surface area contributed by atoms with Gasteiger partial charge in [-0.2, -0.15) is 0 Å². The highest BCUT2D eigenvalue weighted by molar-refractivity contribution is 6.30. The fraction of sp³-hybridized carbons (Fsp3) is 0.538. The third kappa shape index (κ3) is 3.88. The van der Waals surface area contributed by atoms with E-state index in [0.717, 1.165) is 31.7 Å². The second-order valence-electron chi connectivity index (χ2n) is 4.48. The smallest absolute Gasteiger partial charge is 0.224 e. The zero-order valence-electron chi connectivity index (χ0n) is 10.4. The van der Waals surface area contributed by atoms with E-state index in [2.05, 4.69) is 10.3 Å². The standard InChI is InChI=1S/C13H18ClN3O/c14-11-4-5-12(16-10-11)15-7-6-13(18)17-8-2-1-3-9-17/h4-5,10H,1-3,6-9H2,(H,15,16). The number of anilines is 1. The average molecular weight is 268 g/mol. The van der Waals surface area contributed by atoms with Crippen molar-refractivity contribution in [1.82, 2.24) is 9.88 Å². The van der Waals surface area contributed by atoms with Crippen LogP contribution in [0.1, 0.15) is 25.7 Å². The molecule has 5 heteroatoms. The van der Waals surface area contributed by atoms with Gasteiger partial charge in [-0.25, -0.2) is 4.98 Å². The van der Waals surface area contributed by atoms with Crippen LogP contribution in [0.25, 0.3) is 0 Å². The first-order valence-corrected chi connectivity index (χ1v) is 6.77. The second kappa shape index (κ2) is 6.59. The molecule has 1 fully saturated rings. The van der Waals surface area contributed by atoms with Gasteiger partial charge in [-0.3, -0.25) is 4.79 Å². The quantitative estimate of drug-likeness (QED) is 0.912. The lowest BCUT2D eigenvalue weighted by Crippen LogP contribution is -2.36. The van der Waals surface area contributed by atoms with Crippen molar-refractivity contribution in [3.63, 3.8) is 0 Å². The van der Waals surface area contributed by atoms with Gasteiger partial charge in [0.25, 0.3) is 0 Å². The number of rotatable bonds is 4. The number of pyridine rings is 1. The van der Waals surface area contributed by atoms with E-state index in [0.29, 0.717) is 18.0 Å². The van der Waals surface area contributed by atoms with Crippen LogP contribution in [0.5, 0.6) is 0 Å². The highest BCUT2D eigenvalue weighted by atomic mass is 35.5. The fourth-order valence-corrected chi connectivity index (χ4v) is 2.19. The van der Waals surface area contributed by atoms with Gasteiger partial charge in [0, 0.05) is 32.3 Å². The Bertz CT molecular complexity index is 388. The number of hydrogen-bond donors (Lipinski definition) is 1. The molecule has 1 aliphatic rings. The topological polar surface area (TPSA) is 45.2 Å². The highest BCUT2D eigenvalue weighted by Crippen LogP contribution is 2.11. The van der Waals surface area contributed by atoms with Gasteiger partial charge >= 0.3 is 0 Å². The molecular formula is C13H18ClN3O. The maximum Gasteiger partial charge on any atom is 0.224 e. The van der Waals surface area contributed by atoms with Gasteiger partial charge in [-0.05, 0) is 31.4 Å². The number of aromatic nitrogens is 1. The Kier molecular flexibility index (Phi) is 4.81. The van der Waals surface area contributed by atoms with Gasteiger partial charge < -0.3 is 10.2 Å². The third-order valence-corrected chi connectivity index (χ3v) is 3.30. The first-order chi connectivity index (χ1) is 8.75. The number of halogens is 1. The number of piperidine rings is 1. The van der Waals surface area contributed by atoms with E-state index >= 15 is 0 Å². The molecule has 0 radical (unpaired) electrons. The van der Waals surface area contributed by atoms with Crippen LogP contribution in [0, 0.1) is 0 Å². The summed E-state index contributed by atoms with van der Waals surface area (Å²) in [5.41, 5.74) is 0. The lowest BCUT2D eigenvalue weighted by Gasteiger charge is -2.26. The van der Waals surface area contributed by atoms with Crippen molar-refractivity contribution < 1.29 is 4.79 Å². The molecule has 1 amide bonds. The molecule has 0 saturated carbocycles. The van der Waals surface area contributed by atoms with Gasteiger partial charge in [0.05, 0.1) is 5.02 Å². The molecule has 0 bridgehead atoms. The van der Waals surface area contributed by atoms with Crippen LogP contribution >= 0.6 is 11.6 Å². The summed E-state index contributed by atoms with van der Waals surface area (Å²) in [7, 11) is 0. The van der Waals surface area contributed by atoms with E-state index in [9.17, 15) is 4.79 Å². The Labute approximate surface area is 112 Å². The van der Waals surface area contributed by atoms with Crippen molar-refractivity contribution in [3.8, 4) is 0 Å². The number of carbonyl (C=O) groups is 1. The summed E-state index contributed by atoms with van der Waals surface area (Å²) in [5, 5.41) is 3.74. The summed E-state index contributed by atoms with van der Waals surface area (Å²) in [6, 6.07) is 3.59. The van der Waals surface area contributed by atoms with E-state index in [4.69, 9.17) is 11.6 Å². The molecular weight excluding hydrogens is 250 g/mol. The molecule has 0 atom stereocenters. The van der Waals surface area contributed by atoms with Gasteiger partial charge in [0.15, 0.2) is 0 Å². The fourth-order valence-electron chi connectivity index (χ4n) is 2.08. The van der Waals surface area contributed by atoms with E-state index in [-0.39, 0.29) is 5.91 Å². The number of carbonyl (C=O) groups excluding carboxylic acids is 1. The van der Waals surface area contributed by atoms with Crippen molar-refractivity contribution in [2.45, 2.75) is 25.7 Å². The molecule has 1 saturated heterocycles. The monoisotopic (exact) mass is 267 g/mol. The molecule has 1 aliphatic heterocycles. The average Bonchev–Trinajstić information content (AvgIpc) is 2.42. The number of likely N-dealkylation sites (tertiary alicyclic amines) is 1. The molecule has 2 heterocycles. The minimum atomic E-state index is 0.233. The van der Waals surface area contributed by atoms with E-state index in [1.54, 1.807) is 12.3 Å². The normalized spacial score (nSPS) is 15.5. The summed E-state index contributed by atoms with van der Waals surface area (Å²) in [4.78, 5) is 18.0. The Morgan fingerprint density at radius 3 is 2.78 bits per heavy atom. The summed E-state index contributed by atoms with van der Waals surface area (Å²) in [6.07, 6.45) is 5.63. The van der Waals surface area contributed by atoms with Crippen LogP contribution in [0.15, 0.2) is 18.3 Å². The molecule has 0 aromatic carbocycles. The number of nitrogens with one attached hydrogen (secondary N) is 1. The van der Waals surface area contributed by atoms with Crippen LogP contribution in [0.3, 0.4) is 0 Å². The Morgan fingerprint density at radius 1 is 1.33 bits per heavy atom. The second-order valence-corrected chi connectivity index (χ2v) is 4.92. The maximum atomic E-state index is 11.9. The van der Waals surface area contributed by atoms with E-state index in [1.165, 1.54) is 6.42 Å². The Morgan fingerprint density at radius 2 is 2.11 bits per heavy atom. The van der Waals surface area contributed by atoms with Gasteiger partial charge in [-0.1, -0.05) is 11.6 Å². The highest BCUT2D eigenvalue weighted by Gasteiger charge is 2.15. The van der Waals surface area contributed by atoms with Crippen molar-refractivity contribution in [3.05, 3.63) is 23.4 Å². The molecule has 2 rings (SSSR count). The predicted octanol–water partition coefficient (Wildman–Crippen LogP) is 2.55. The van der Waals surface area contributed by atoms with Crippen molar-refractivity contribution in [2.75, 3.05) is 25.0 Å². The number of hydrogen-bond acceptors (Lipinski definition) is 3. The zero-order valence-corrected chi connectivity index (χ0v) is 11.1. The van der Waals surface area contributed by atoms with E-state index < -0.39 is 0 Å². The van der Waals surface area contributed by atoms with Crippen molar-refractivity contribution in [1.29, 1.82) is 0 Å². The summed E-state index contributed by atoms with van der Waals surface area (Å²) in [6.45, 7) is 2.44. The van der Waals surface area contributed by atoms with Crippen LogP contribution in [-0.4, -0.2) is 35.4 Å². The van der Waals surface area contributed by atoms with Gasteiger partial charge in [0.2, 0.25) is 5.91 Å². The summed E-state index contributed by atoms with van der Waals surface area (Å²) < 4.78 is 0. The zero-order chi connectivity index (χ0) is 12.8. The molecule has 4 nitrogen and oxygen atoms in total. The molecule has 98 valence electrons. The van der Waals surface area contributed by atoms with Crippen LogP contribution in [0.2, 0.25) is 5.02 Å². The Hall–Kier alpha value is -1.29. The van der Waals surface area contributed by atoms with Crippen LogP contribution in [0.4, 0.5) is 5.82 Å². The van der Waals surface area contributed by atoms with Gasteiger partial charge in [0.1, 0.15) is 5.82 Å². The molecule has 1 N–H and O–H groups in total. The minimum Gasteiger partial charge on any atom is -0.370 e. The lowest BCUT2D eigenvalue weighted by molar-refractivity contribution is -0.131. The molecule has 0 aliphatic carbocycles. The third-order valence-electron chi connectivity index (χ3n) is 3.08. The number of nitrogens with zero attached hydrogens (tertiary/aromatic N) is 2. The molecule has 18 heavy (non-hydrogen) atoms. The van der Waals surface area contributed by atoms with Gasteiger partial charge in [-0.15, -0.1) is 0 Å². The maximum absolute atomic E-state index is 11.9. The van der Waals surface area contributed by atoms with E-state index in [1.807, 2.05) is 11.0 Å². The summed E-state index contributed by atoms with van der Waals surface area (Å²) in [5.74, 6) is 0.988. The van der Waals surface area contributed by atoms with Crippen LogP contribution in [-0.2, 0) is 4.79 Å². The minimum absolute atomic E-state index is 0.233. The van der Waals surface area contributed by atoms with Crippen molar-refractivity contribution >= 4 is 23.3 Å². The largest absolute Gasteiger partial charge is 0.370 e. The number of amides is 1.